The van der Waals surface area contributed by atoms with Crippen molar-refractivity contribution in [2.45, 2.75) is 31.6 Å². The maximum atomic E-state index is 11.5. The molecular weight excluding hydrogens is 248 g/mol. The summed E-state index contributed by atoms with van der Waals surface area (Å²) in [6, 6.07) is 8.99. The Balaban J connectivity index is 2.99. The molecule has 0 saturated heterocycles. The van der Waals surface area contributed by atoms with E-state index < -0.39 is 10.1 Å². The monoisotopic (exact) mass is 264 g/mol. The summed E-state index contributed by atoms with van der Waals surface area (Å²) in [7, 11) is -4.19. The Bertz CT molecular complexity index is 687. The lowest BCUT2D eigenvalue weighted by atomic mass is 9.97. The first-order valence-electron chi connectivity index (χ1n) is 6.00. The van der Waals surface area contributed by atoms with E-state index in [0.717, 1.165) is 29.4 Å². The van der Waals surface area contributed by atoms with Crippen LogP contribution >= 0.6 is 0 Å². The summed E-state index contributed by atoms with van der Waals surface area (Å²) in [5.41, 5.74) is 2.03. The number of rotatable bonds is 3. The third kappa shape index (κ3) is 2.13. The molecule has 2 aromatic rings. The Labute approximate surface area is 107 Å². The minimum Gasteiger partial charge on any atom is -0.282 e. The van der Waals surface area contributed by atoms with E-state index in [4.69, 9.17) is 0 Å². The smallest absolute Gasteiger partial charge is 0.282 e. The summed E-state index contributed by atoms with van der Waals surface area (Å²) < 4.78 is 32.3. The van der Waals surface area contributed by atoms with Crippen molar-refractivity contribution in [2.24, 2.45) is 0 Å². The highest BCUT2D eigenvalue weighted by atomic mass is 32.2. The van der Waals surface area contributed by atoms with Gasteiger partial charge in [0.15, 0.2) is 0 Å². The third-order valence-electron chi connectivity index (χ3n) is 3.22. The maximum Gasteiger partial charge on any atom is 0.295 e. The van der Waals surface area contributed by atoms with Crippen LogP contribution in [0.3, 0.4) is 0 Å². The fourth-order valence-corrected chi connectivity index (χ4v) is 3.07. The van der Waals surface area contributed by atoms with Crippen LogP contribution in [0.15, 0.2) is 35.2 Å². The van der Waals surface area contributed by atoms with Gasteiger partial charge in [0.1, 0.15) is 4.90 Å². The summed E-state index contributed by atoms with van der Waals surface area (Å²) in [4.78, 5) is 0.00662. The first kappa shape index (κ1) is 13.1. The predicted octanol–water partition coefficient (Wildman–Crippen LogP) is 3.21. The van der Waals surface area contributed by atoms with Gasteiger partial charge in [0.25, 0.3) is 10.1 Å². The third-order valence-corrected chi connectivity index (χ3v) is 4.11. The molecule has 18 heavy (non-hydrogen) atoms. The molecule has 0 bridgehead atoms. The molecule has 0 amide bonds. The van der Waals surface area contributed by atoms with Crippen molar-refractivity contribution in [3.05, 3.63) is 41.5 Å². The lowest BCUT2D eigenvalue weighted by Crippen LogP contribution is -2.02. The van der Waals surface area contributed by atoms with Gasteiger partial charge in [0.05, 0.1) is 0 Å². The first-order chi connectivity index (χ1) is 8.49. The van der Waals surface area contributed by atoms with E-state index in [0.29, 0.717) is 5.39 Å². The molecule has 2 aromatic carbocycles. The molecule has 1 N–H and O–H groups in total. The SMILES string of the molecule is CCc1ccc(S(=O)(=O)O)c2c(CC)cccc12. The molecule has 0 aliphatic heterocycles. The van der Waals surface area contributed by atoms with Crippen molar-refractivity contribution in [3.8, 4) is 0 Å². The van der Waals surface area contributed by atoms with Crippen molar-refractivity contribution in [3.63, 3.8) is 0 Å². The van der Waals surface area contributed by atoms with Gasteiger partial charge in [-0.15, -0.1) is 0 Å². The molecule has 0 spiro atoms. The highest BCUT2D eigenvalue weighted by Gasteiger charge is 2.17. The van der Waals surface area contributed by atoms with E-state index in [9.17, 15) is 13.0 Å². The van der Waals surface area contributed by atoms with Crippen molar-refractivity contribution in [2.75, 3.05) is 0 Å². The van der Waals surface area contributed by atoms with Crippen LogP contribution in [0.1, 0.15) is 25.0 Å². The molecular formula is C14H16O3S. The second-order valence-corrected chi connectivity index (χ2v) is 5.63. The summed E-state index contributed by atoms with van der Waals surface area (Å²) in [5, 5.41) is 1.56. The average molecular weight is 264 g/mol. The van der Waals surface area contributed by atoms with Gasteiger partial charge < -0.3 is 0 Å². The standard InChI is InChI=1S/C14H16O3S/c1-3-10-8-9-13(18(15,16)17)14-11(4-2)6-5-7-12(10)14/h5-9H,3-4H2,1-2H3,(H,15,16,17). The Morgan fingerprint density at radius 1 is 1.00 bits per heavy atom. The van der Waals surface area contributed by atoms with Crippen LogP contribution in [-0.2, 0) is 23.0 Å². The fraction of sp³-hybridized carbons (Fsp3) is 0.286. The van der Waals surface area contributed by atoms with Crippen LogP contribution in [0.25, 0.3) is 10.8 Å². The van der Waals surface area contributed by atoms with E-state index in [1.807, 2.05) is 32.0 Å². The average Bonchev–Trinajstić information content (AvgIpc) is 2.35. The highest BCUT2D eigenvalue weighted by Crippen LogP contribution is 2.30. The Morgan fingerprint density at radius 3 is 2.22 bits per heavy atom. The van der Waals surface area contributed by atoms with Crippen LogP contribution in [0.5, 0.6) is 0 Å². The summed E-state index contributed by atoms with van der Waals surface area (Å²) >= 11 is 0. The molecule has 96 valence electrons. The quantitative estimate of drug-likeness (QED) is 0.866. The normalized spacial score (nSPS) is 11.9. The maximum absolute atomic E-state index is 11.5. The molecule has 0 fully saturated rings. The van der Waals surface area contributed by atoms with Gasteiger partial charge in [-0.3, -0.25) is 4.55 Å². The minimum absolute atomic E-state index is 0.00662. The van der Waals surface area contributed by atoms with E-state index in [1.165, 1.54) is 6.07 Å². The molecule has 0 aliphatic carbocycles. The zero-order valence-electron chi connectivity index (χ0n) is 10.5. The minimum atomic E-state index is -4.19. The number of benzene rings is 2. The molecule has 0 atom stereocenters. The van der Waals surface area contributed by atoms with E-state index in [2.05, 4.69) is 0 Å². The van der Waals surface area contributed by atoms with Crippen molar-refractivity contribution >= 4 is 20.9 Å². The van der Waals surface area contributed by atoms with Crippen molar-refractivity contribution in [1.29, 1.82) is 0 Å². The van der Waals surface area contributed by atoms with E-state index in [1.54, 1.807) is 6.07 Å². The van der Waals surface area contributed by atoms with Gasteiger partial charge in [0, 0.05) is 5.39 Å². The van der Waals surface area contributed by atoms with Gasteiger partial charge in [-0.1, -0.05) is 38.1 Å². The van der Waals surface area contributed by atoms with Crippen molar-refractivity contribution < 1.29 is 13.0 Å². The van der Waals surface area contributed by atoms with Crippen LogP contribution in [0, 0.1) is 0 Å². The number of fused-ring (bicyclic) bond motifs is 1. The molecule has 0 radical (unpaired) electrons. The molecule has 0 unspecified atom stereocenters. The molecule has 0 saturated carbocycles. The zero-order valence-corrected chi connectivity index (χ0v) is 11.3. The second kappa shape index (κ2) is 4.71. The number of hydrogen-bond acceptors (Lipinski definition) is 2. The van der Waals surface area contributed by atoms with Crippen molar-refractivity contribution in [1.82, 2.24) is 0 Å². The van der Waals surface area contributed by atoms with E-state index in [-0.39, 0.29) is 4.90 Å². The first-order valence-corrected chi connectivity index (χ1v) is 7.44. The lowest BCUT2D eigenvalue weighted by molar-refractivity contribution is 0.484. The molecule has 0 heterocycles. The number of aryl methyl sites for hydroxylation is 2. The predicted molar refractivity (Wildman–Crippen MR) is 72.5 cm³/mol. The van der Waals surface area contributed by atoms with Crippen LogP contribution < -0.4 is 0 Å². The molecule has 2 rings (SSSR count). The van der Waals surface area contributed by atoms with Gasteiger partial charge in [-0.05, 0) is 35.4 Å². The molecule has 0 aliphatic rings. The Kier molecular flexibility index (Phi) is 3.41. The topological polar surface area (TPSA) is 54.4 Å². The largest absolute Gasteiger partial charge is 0.295 e. The Morgan fingerprint density at radius 2 is 1.67 bits per heavy atom. The fourth-order valence-electron chi connectivity index (χ4n) is 2.33. The lowest BCUT2D eigenvalue weighted by Gasteiger charge is -2.12. The highest BCUT2D eigenvalue weighted by molar-refractivity contribution is 7.86. The van der Waals surface area contributed by atoms with Crippen LogP contribution in [-0.4, -0.2) is 13.0 Å². The van der Waals surface area contributed by atoms with Crippen LogP contribution in [0.4, 0.5) is 0 Å². The van der Waals surface area contributed by atoms with Gasteiger partial charge in [0.2, 0.25) is 0 Å². The summed E-state index contributed by atoms with van der Waals surface area (Å²) in [6.45, 7) is 4.00. The Hall–Kier alpha value is -1.39. The van der Waals surface area contributed by atoms with Crippen LogP contribution in [0.2, 0.25) is 0 Å². The van der Waals surface area contributed by atoms with E-state index >= 15 is 0 Å². The molecule has 0 aromatic heterocycles. The van der Waals surface area contributed by atoms with Gasteiger partial charge in [-0.25, -0.2) is 0 Å². The summed E-state index contributed by atoms with van der Waals surface area (Å²) in [5.74, 6) is 0. The zero-order chi connectivity index (χ0) is 13.3. The molecule has 3 nitrogen and oxygen atoms in total. The molecule has 4 heteroatoms. The van der Waals surface area contributed by atoms with Gasteiger partial charge >= 0.3 is 0 Å². The van der Waals surface area contributed by atoms with Gasteiger partial charge in [-0.2, -0.15) is 8.42 Å². The summed E-state index contributed by atoms with van der Waals surface area (Å²) in [6.07, 6.45) is 1.56. The number of hydrogen-bond donors (Lipinski definition) is 1. The second-order valence-electron chi connectivity index (χ2n) is 4.24.